The molecule has 0 spiro atoms. The monoisotopic (exact) mass is 685 g/mol. The Morgan fingerprint density at radius 3 is 2.60 bits per heavy atom. The molecule has 10 nitrogen and oxygen atoms in total. The van der Waals surface area contributed by atoms with Crippen molar-refractivity contribution in [3.05, 3.63) is 52.2 Å². The number of anilines is 2. The van der Waals surface area contributed by atoms with Crippen LogP contribution in [0.1, 0.15) is 69.5 Å². The molecule has 1 saturated carbocycles. The molecule has 3 atom stereocenters. The Balaban J connectivity index is 0.000000345. The normalized spacial score (nSPS) is 19.8. The maximum atomic E-state index is 16.3. The molecule has 1 aliphatic carbocycles. The van der Waals surface area contributed by atoms with Gasteiger partial charge in [-0.2, -0.15) is 9.97 Å². The fourth-order valence-electron chi connectivity index (χ4n) is 6.70. The number of hydrogen-bond donors (Lipinski definition) is 2. The van der Waals surface area contributed by atoms with Crippen molar-refractivity contribution in [1.29, 1.82) is 0 Å². The zero-order chi connectivity index (χ0) is 34.3. The van der Waals surface area contributed by atoms with Crippen molar-refractivity contribution in [1.82, 2.24) is 24.8 Å². The van der Waals surface area contributed by atoms with Gasteiger partial charge >= 0.3 is 6.01 Å². The van der Waals surface area contributed by atoms with Gasteiger partial charge in [0.2, 0.25) is 5.88 Å². The van der Waals surface area contributed by atoms with Crippen LogP contribution in [0.5, 0.6) is 17.6 Å². The average molecular weight is 686 g/mol. The van der Waals surface area contributed by atoms with Gasteiger partial charge in [-0.3, -0.25) is 4.90 Å². The van der Waals surface area contributed by atoms with E-state index in [9.17, 15) is 13.9 Å². The first-order valence-corrected chi connectivity index (χ1v) is 16.6. The molecule has 7 rings (SSSR count). The average Bonchev–Trinajstić information content (AvgIpc) is 3.86. The predicted molar refractivity (Wildman–Crippen MR) is 179 cm³/mol. The number of methoxy groups -OCH3 is 1. The number of halogens is 4. The molecule has 48 heavy (non-hydrogen) atoms. The van der Waals surface area contributed by atoms with Crippen LogP contribution in [-0.2, 0) is 0 Å². The summed E-state index contributed by atoms with van der Waals surface area (Å²) in [5.74, 6) is -0.655. The van der Waals surface area contributed by atoms with Crippen LogP contribution in [0.25, 0.3) is 22.2 Å². The number of aromatic nitrogens is 4. The second-order valence-electron chi connectivity index (χ2n) is 12.3. The summed E-state index contributed by atoms with van der Waals surface area (Å²) in [5, 5.41) is 10.9. The molecule has 2 fully saturated rings. The van der Waals surface area contributed by atoms with E-state index in [0.717, 1.165) is 44.0 Å². The molecule has 4 aromatic rings. The highest BCUT2D eigenvalue weighted by Gasteiger charge is 2.34. The molecule has 3 unspecified atom stereocenters. The number of nitrogens with zero attached hydrogens (tertiary/aromatic N) is 6. The Morgan fingerprint density at radius 1 is 1.17 bits per heavy atom. The van der Waals surface area contributed by atoms with Crippen molar-refractivity contribution in [2.24, 2.45) is 0 Å². The molecule has 0 amide bonds. The lowest BCUT2D eigenvalue weighted by atomic mass is 9.98. The Hall–Kier alpha value is -4.10. The van der Waals surface area contributed by atoms with Crippen LogP contribution in [0.2, 0.25) is 5.02 Å². The number of benzene rings is 1. The molecule has 2 aliphatic heterocycles. The number of phenols is 1. The van der Waals surface area contributed by atoms with Gasteiger partial charge in [0.25, 0.3) is 0 Å². The van der Waals surface area contributed by atoms with Crippen LogP contribution in [0.15, 0.2) is 24.4 Å². The molecule has 5 heterocycles. The summed E-state index contributed by atoms with van der Waals surface area (Å²) in [5.41, 5.74) is 7.49. The van der Waals surface area contributed by atoms with Crippen LogP contribution in [0, 0.1) is 11.6 Å². The molecule has 1 saturated heterocycles. The highest BCUT2D eigenvalue weighted by molar-refractivity contribution is 6.32. The van der Waals surface area contributed by atoms with Gasteiger partial charge in [-0.25, -0.2) is 23.1 Å². The topological polar surface area (TPSA) is 123 Å². The number of hydrogen-bond acceptors (Lipinski definition) is 10. The zero-order valence-corrected chi connectivity index (χ0v) is 28.1. The Labute approximate surface area is 282 Å². The quantitative estimate of drug-likeness (QED) is 0.211. The molecule has 0 bridgehead atoms. The number of alkyl halides is 1. The number of ether oxygens (including phenoxy) is 2. The first kappa shape index (κ1) is 33.8. The third-order valence-electron chi connectivity index (χ3n) is 9.28. The van der Waals surface area contributed by atoms with E-state index < -0.39 is 23.8 Å². The van der Waals surface area contributed by atoms with Gasteiger partial charge in [-0.15, -0.1) is 0 Å². The van der Waals surface area contributed by atoms with Crippen LogP contribution in [-0.4, -0.2) is 75.5 Å². The third kappa shape index (κ3) is 6.49. The van der Waals surface area contributed by atoms with E-state index in [1.165, 1.54) is 25.3 Å². The van der Waals surface area contributed by atoms with E-state index in [0.29, 0.717) is 41.1 Å². The van der Waals surface area contributed by atoms with Crippen molar-refractivity contribution < 1.29 is 27.8 Å². The molecule has 0 radical (unpaired) electrons. The standard InChI is InChI=1S/C26H23ClF2N6O3.C8H16FN/c1-11(15-7-13(28)10-31-23(15)30)35-5-6-38-25-19-22(33-26(37-2)34-24(19)35)20(29)21(32-25)16-8-14(36)9-17(27)18(16)12-3-4-12;1-3-8-5-7(9)6-10(8)4-2/h7-12,36H,3-6H2,1-2H3,(H2,30,31);7-8H,3-6H2,1-2H3. The molecule has 3 N–H and O–H groups in total. The fourth-order valence-corrected chi connectivity index (χ4v) is 7.07. The molecular formula is C34H39ClF3N7O3. The van der Waals surface area contributed by atoms with E-state index in [4.69, 9.17) is 26.8 Å². The number of rotatable bonds is 7. The van der Waals surface area contributed by atoms with Crippen LogP contribution < -0.4 is 20.1 Å². The van der Waals surface area contributed by atoms with Crippen LogP contribution in [0.3, 0.4) is 0 Å². The van der Waals surface area contributed by atoms with Gasteiger partial charge in [-0.1, -0.05) is 25.4 Å². The zero-order valence-electron chi connectivity index (χ0n) is 27.3. The minimum absolute atomic E-state index is 0.0426. The number of aromatic hydroxyl groups is 1. The number of nitrogen functional groups attached to an aromatic ring is 1. The SMILES string of the molecule is CCC1CC(F)CN1CC.COc1nc2c3c(nc(-c4cc(O)cc(Cl)c4C4CC4)c(F)c3n1)OCCN2C(C)c1cc(F)cnc1N. The fraction of sp³-hybridized carbons (Fsp3) is 0.471. The summed E-state index contributed by atoms with van der Waals surface area (Å²) in [6, 6.07) is 4.13. The second kappa shape index (κ2) is 13.8. The summed E-state index contributed by atoms with van der Waals surface area (Å²) in [7, 11) is 1.38. The lowest BCUT2D eigenvalue weighted by molar-refractivity contribution is 0.251. The maximum absolute atomic E-state index is 16.3. The van der Waals surface area contributed by atoms with Gasteiger partial charge in [0, 0.05) is 28.7 Å². The first-order chi connectivity index (χ1) is 23.0. The Kier molecular flexibility index (Phi) is 9.71. The lowest BCUT2D eigenvalue weighted by Crippen LogP contribution is -2.31. The highest BCUT2D eigenvalue weighted by atomic mass is 35.5. The van der Waals surface area contributed by atoms with Gasteiger partial charge in [0.05, 0.1) is 25.9 Å². The van der Waals surface area contributed by atoms with Crippen molar-refractivity contribution in [3.63, 3.8) is 0 Å². The lowest BCUT2D eigenvalue weighted by Gasteiger charge is -2.30. The van der Waals surface area contributed by atoms with Crippen molar-refractivity contribution >= 4 is 34.1 Å². The maximum Gasteiger partial charge on any atom is 0.318 e. The van der Waals surface area contributed by atoms with Gasteiger partial charge < -0.3 is 25.2 Å². The van der Waals surface area contributed by atoms with Gasteiger partial charge in [0.15, 0.2) is 5.82 Å². The number of nitrogens with two attached hydrogens (primary N) is 1. The predicted octanol–water partition coefficient (Wildman–Crippen LogP) is 6.98. The summed E-state index contributed by atoms with van der Waals surface area (Å²) >= 11 is 6.47. The van der Waals surface area contributed by atoms with E-state index in [-0.39, 0.29) is 52.6 Å². The van der Waals surface area contributed by atoms with Crippen molar-refractivity contribution in [2.45, 2.75) is 70.6 Å². The van der Waals surface area contributed by atoms with Gasteiger partial charge in [-0.05, 0) is 68.8 Å². The molecular weight excluding hydrogens is 647 g/mol. The minimum Gasteiger partial charge on any atom is -0.508 e. The molecule has 14 heteroatoms. The molecule has 1 aromatic carbocycles. The number of phenolic OH excluding ortho intramolecular Hbond substituents is 1. The minimum atomic E-state index is -0.737. The van der Waals surface area contributed by atoms with Gasteiger partial charge in [0.1, 0.15) is 52.6 Å². The third-order valence-corrected chi connectivity index (χ3v) is 9.59. The van der Waals surface area contributed by atoms with Crippen molar-refractivity contribution in [3.8, 4) is 28.9 Å². The van der Waals surface area contributed by atoms with E-state index in [1.807, 2.05) is 6.92 Å². The summed E-state index contributed by atoms with van der Waals surface area (Å²) in [6.07, 6.45) is 4.13. The Bertz CT molecular complexity index is 1820. The first-order valence-electron chi connectivity index (χ1n) is 16.2. The van der Waals surface area contributed by atoms with E-state index in [2.05, 4.69) is 38.7 Å². The number of likely N-dealkylation sites (tertiary alicyclic amines) is 1. The molecule has 3 aromatic heterocycles. The summed E-state index contributed by atoms with van der Waals surface area (Å²) < 4.78 is 54.5. The largest absolute Gasteiger partial charge is 0.508 e. The molecule has 256 valence electrons. The summed E-state index contributed by atoms with van der Waals surface area (Å²) in [6.45, 7) is 8.16. The van der Waals surface area contributed by atoms with E-state index >= 15 is 4.39 Å². The highest BCUT2D eigenvalue weighted by Crippen LogP contribution is 2.50. The van der Waals surface area contributed by atoms with Crippen LogP contribution >= 0.6 is 11.6 Å². The smallest absolute Gasteiger partial charge is 0.318 e. The van der Waals surface area contributed by atoms with Crippen LogP contribution in [0.4, 0.5) is 24.8 Å². The summed E-state index contributed by atoms with van der Waals surface area (Å²) in [4.78, 5) is 21.3. The molecule has 3 aliphatic rings. The second-order valence-corrected chi connectivity index (χ2v) is 12.7. The van der Waals surface area contributed by atoms with Crippen molar-refractivity contribution in [2.75, 3.05) is 44.0 Å². The van der Waals surface area contributed by atoms with E-state index in [1.54, 1.807) is 4.90 Å². The number of pyridine rings is 2. The Morgan fingerprint density at radius 2 is 1.94 bits per heavy atom.